The molecule has 0 radical (unpaired) electrons. The van der Waals surface area contributed by atoms with Gasteiger partial charge in [-0.15, -0.1) is 5.10 Å². The van der Waals surface area contributed by atoms with Gasteiger partial charge in [-0.25, -0.2) is 4.79 Å². The van der Waals surface area contributed by atoms with E-state index in [4.69, 9.17) is 23.2 Å². The third kappa shape index (κ3) is 3.22. The molecule has 1 aromatic heterocycles. The highest BCUT2D eigenvalue weighted by Gasteiger charge is 2.35. The largest absolute Gasteiger partial charge is 0.476 e. The van der Waals surface area contributed by atoms with Gasteiger partial charge in [-0.1, -0.05) is 29.3 Å². The molecule has 0 saturated carbocycles. The van der Waals surface area contributed by atoms with Gasteiger partial charge in [-0.3, -0.25) is 4.79 Å². The summed E-state index contributed by atoms with van der Waals surface area (Å²) in [7, 11) is 0. The Balaban J connectivity index is 1.81. The summed E-state index contributed by atoms with van der Waals surface area (Å²) >= 11 is 12.0. The molecule has 126 valence electrons. The Bertz CT molecular complexity index is 793. The summed E-state index contributed by atoms with van der Waals surface area (Å²) in [6.07, 6.45) is 1.54. The van der Waals surface area contributed by atoms with Gasteiger partial charge in [0.15, 0.2) is 5.69 Å². The highest BCUT2D eigenvalue weighted by Crippen LogP contribution is 2.33. The van der Waals surface area contributed by atoms with Crippen LogP contribution in [0.3, 0.4) is 0 Å². The molecule has 1 amide bonds. The normalized spacial score (nSPS) is 17.2. The first-order chi connectivity index (χ1) is 11.5. The van der Waals surface area contributed by atoms with E-state index in [9.17, 15) is 14.7 Å². The van der Waals surface area contributed by atoms with Crippen LogP contribution in [0.1, 0.15) is 40.6 Å². The molecule has 1 aliphatic heterocycles. The van der Waals surface area contributed by atoms with Crippen LogP contribution in [0.15, 0.2) is 18.2 Å². The lowest BCUT2D eigenvalue weighted by Gasteiger charge is -2.23. The number of H-pyrrole nitrogens is 1. The molecule has 3 rings (SSSR count). The van der Waals surface area contributed by atoms with Crippen LogP contribution < -0.4 is 0 Å². The highest BCUT2D eigenvalue weighted by molar-refractivity contribution is 6.35. The number of aromatic carboxylic acids is 1. The van der Waals surface area contributed by atoms with Gasteiger partial charge in [0.2, 0.25) is 5.91 Å². The zero-order valence-corrected chi connectivity index (χ0v) is 14.0. The molecular weight excluding hydrogens is 355 g/mol. The van der Waals surface area contributed by atoms with Crippen molar-refractivity contribution in [2.24, 2.45) is 0 Å². The number of carbonyl (C=O) groups is 2. The number of hydrogen-bond donors (Lipinski definition) is 2. The summed E-state index contributed by atoms with van der Waals surface area (Å²) in [5, 5.41) is 20.0. The first kappa shape index (κ1) is 16.7. The number of nitrogens with zero attached hydrogens (tertiary/aromatic N) is 3. The number of aromatic nitrogens is 3. The number of carbonyl (C=O) groups excluding carboxylic acids is 1. The molecule has 1 aliphatic rings. The zero-order valence-electron chi connectivity index (χ0n) is 12.5. The molecule has 0 aliphatic carbocycles. The number of likely N-dealkylation sites (tertiary alicyclic amines) is 1. The minimum atomic E-state index is -1.17. The molecule has 1 fully saturated rings. The number of amides is 1. The highest BCUT2D eigenvalue weighted by atomic mass is 35.5. The standard InChI is InChI=1S/C15H14Cl2N4O3/c16-9-4-3-8(10(17)7-9)6-12(22)21-5-1-2-11(21)13-14(15(23)24)19-20-18-13/h3-4,7,11H,1-2,5-6H2,(H,23,24)(H,18,19,20). The molecule has 1 unspecified atom stereocenters. The van der Waals surface area contributed by atoms with Crippen LogP contribution >= 0.6 is 23.2 Å². The van der Waals surface area contributed by atoms with Crippen LogP contribution in [0.2, 0.25) is 10.0 Å². The van der Waals surface area contributed by atoms with Crippen LogP contribution in [0, 0.1) is 0 Å². The van der Waals surface area contributed by atoms with E-state index >= 15 is 0 Å². The summed E-state index contributed by atoms with van der Waals surface area (Å²) < 4.78 is 0. The van der Waals surface area contributed by atoms with E-state index in [1.54, 1.807) is 23.1 Å². The number of aromatic amines is 1. The van der Waals surface area contributed by atoms with Crippen molar-refractivity contribution in [3.63, 3.8) is 0 Å². The lowest BCUT2D eigenvalue weighted by atomic mass is 10.1. The molecule has 9 heteroatoms. The van der Waals surface area contributed by atoms with Crippen LogP contribution in [-0.2, 0) is 11.2 Å². The summed E-state index contributed by atoms with van der Waals surface area (Å²) in [6, 6.07) is 4.59. The number of carboxylic acid groups (broad SMARTS) is 1. The molecule has 2 aromatic rings. The monoisotopic (exact) mass is 368 g/mol. The summed E-state index contributed by atoms with van der Waals surface area (Å²) in [4.78, 5) is 25.5. The van der Waals surface area contributed by atoms with Crippen molar-refractivity contribution >= 4 is 35.1 Å². The van der Waals surface area contributed by atoms with Crippen LogP contribution in [0.25, 0.3) is 0 Å². The number of halogens is 2. The predicted molar refractivity (Wildman–Crippen MR) is 87.2 cm³/mol. The molecule has 1 saturated heterocycles. The fraction of sp³-hybridized carbons (Fsp3) is 0.333. The Morgan fingerprint density at radius 2 is 2.12 bits per heavy atom. The number of carboxylic acids is 1. The second-order valence-corrected chi connectivity index (χ2v) is 6.36. The van der Waals surface area contributed by atoms with Crippen molar-refractivity contribution in [2.75, 3.05) is 6.54 Å². The first-order valence-electron chi connectivity index (χ1n) is 7.34. The van der Waals surface area contributed by atoms with Gasteiger partial charge in [0, 0.05) is 16.6 Å². The third-order valence-electron chi connectivity index (χ3n) is 4.02. The second kappa shape index (κ2) is 6.78. The number of benzene rings is 1. The van der Waals surface area contributed by atoms with Gasteiger partial charge in [-0.05, 0) is 30.5 Å². The van der Waals surface area contributed by atoms with Gasteiger partial charge in [0.05, 0.1) is 12.5 Å². The maximum atomic E-state index is 12.7. The Morgan fingerprint density at radius 3 is 2.83 bits per heavy atom. The van der Waals surface area contributed by atoms with Crippen molar-refractivity contribution in [3.05, 3.63) is 45.2 Å². The van der Waals surface area contributed by atoms with Crippen molar-refractivity contribution < 1.29 is 14.7 Å². The zero-order chi connectivity index (χ0) is 17.3. The van der Waals surface area contributed by atoms with E-state index in [-0.39, 0.29) is 23.7 Å². The van der Waals surface area contributed by atoms with Crippen LogP contribution in [0.5, 0.6) is 0 Å². The smallest absolute Gasteiger partial charge is 0.358 e. The number of rotatable bonds is 4. The Kier molecular flexibility index (Phi) is 4.73. The Morgan fingerprint density at radius 1 is 1.33 bits per heavy atom. The predicted octanol–water partition coefficient (Wildman–Crippen LogP) is 2.72. The number of hydrogen-bond acceptors (Lipinski definition) is 4. The van der Waals surface area contributed by atoms with Gasteiger partial charge in [-0.2, -0.15) is 10.3 Å². The van der Waals surface area contributed by atoms with Crippen molar-refractivity contribution in [3.8, 4) is 0 Å². The van der Waals surface area contributed by atoms with Gasteiger partial charge in [0.1, 0.15) is 5.69 Å². The van der Waals surface area contributed by atoms with Gasteiger partial charge in [0.25, 0.3) is 0 Å². The van der Waals surface area contributed by atoms with E-state index in [0.29, 0.717) is 28.6 Å². The fourth-order valence-electron chi connectivity index (χ4n) is 2.91. The van der Waals surface area contributed by atoms with Crippen LogP contribution in [0.4, 0.5) is 0 Å². The second-order valence-electron chi connectivity index (χ2n) is 5.52. The lowest BCUT2D eigenvalue weighted by molar-refractivity contribution is -0.131. The molecular formula is C15H14Cl2N4O3. The fourth-order valence-corrected chi connectivity index (χ4v) is 3.38. The molecule has 1 aromatic carbocycles. The molecule has 0 bridgehead atoms. The minimum Gasteiger partial charge on any atom is -0.476 e. The van der Waals surface area contributed by atoms with Crippen molar-refractivity contribution in [1.29, 1.82) is 0 Å². The Hall–Kier alpha value is -2.12. The molecule has 1 atom stereocenters. The summed E-state index contributed by atoms with van der Waals surface area (Å²) in [5.74, 6) is -1.31. The average Bonchev–Trinajstić information content (AvgIpc) is 3.17. The van der Waals surface area contributed by atoms with E-state index < -0.39 is 12.0 Å². The number of nitrogens with one attached hydrogen (secondary N) is 1. The molecule has 2 N–H and O–H groups in total. The van der Waals surface area contributed by atoms with Crippen molar-refractivity contribution in [2.45, 2.75) is 25.3 Å². The summed E-state index contributed by atoms with van der Waals surface area (Å²) in [6.45, 7) is 0.542. The Labute approximate surface area is 147 Å². The quantitative estimate of drug-likeness (QED) is 0.863. The topological polar surface area (TPSA) is 99.2 Å². The molecule has 24 heavy (non-hydrogen) atoms. The van der Waals surface area contributed by atoms with Crippen molar-refractivity contribution in [1.82, 2.24) is 20.3 Å². The molecule has 0 spiro atoms. The minimum absolute atomic E-state index is 0.118. The first-order valence-corrected chi connectivity index (χ1v) is 8.10. The van der Waals surface area contributed by atoms with E-state index in [1.807, 2.05) is 0 Å². The maximum absolute atomic E-state index is 12.7. The van der Waals surface area contributed by atoms with E-state index in [2.05, 4.69) is 15.4 Å². The van der Waals surface area contributed by atoms with Crippen LogP contribution in [-0.4, -0.2) is 43.8 Å². The van der Waals surface area contributed by atoms with Gasteiger partial charge < -0.3 is 10.0 Å². The maximum Gasteiger partial charge on any atom is 0.358 e. The van der Waals surface area contributed by atoms with E-state index in [0.717, 1.165) is 6.42 Å². The SMILES string of the molecule is O=C(O)c1n[nH]nc1C1CCCN1C(=O)Cc1ccc(Cl)cc1Cl. The average molecular weight is 369 g/mol. The summed E-state index contributed by atoms with van der Waals surface area (Å²) in [5.41, 5.74) is 0.815. The third-order valence-corrected chi connectivity index (χ3v) is 4.61. The van der Waals surface area contributed by atoms with E-state index in [1.165, 1.54) is 0 Å². The van der Waals surface area contributed by atoms with Gasteiger partial charge >= 0.3 is 5.97 Å². The molecule has 2 heterocycles. The molecule has 7 nitrogen and oxygen atoms in total. The lowest BCUT2D eigenvalue weighted by Crippen LogP contribution is -2.32.